The molecule has 1 amide bonds. The fourth-order valence-corrected chi connectivity index (χ4v) is 1.95. The highest BCUT2D eigenvalue weighted by atomic mass is 35.5. The van der Waals surface area contributed by atoms with Crippen LogP contribution < -0.4 is 11.5 Å². The predicted octanol–water partition coefficient (Wildman–Crippen LogP) is 0.0865. The van der Waals surface area contributed by atoms with Gasteiger partial charge in [-0.1, -0.05) is 24.3 Å². The monoisotopic (exact) mass is 264 g/mol. The van der Waals surface area contributed by atoms with Crippen LogP contribution in [0.25, 0.3) is 0 Å². The Hall–Kier alpha value is -0.810. The summed E-state index contributed by atoms with van der Waals surface area (Å²) in [7, 11) is 0. The maximum atomic E-state index is 11.2. The van der Waals surface area contributed by atoms with Crippen molar-refractivity contribution in [1.29, 1.82) is 0 Å². The molecule has 0 spiro atoms. The van der Waals surface area contributed by atoms with Crippen molar-refractivity contribution in [2.75, 3.05) is 0 Å². The highest BCUT2D eigenvalue weighted by Crippen LogP contribution is 2.34. The predicted molar refractivity (Wildman–Crippen MR) is 65.7 cm³/mol. The summed E-state index contributed by atoms with van der Waals surface area (Å²) in [6.07, 6.45) is -0.535. The van der Waals surface area contributed by atoms with E-state index in [1.165, 1.54) is 0 Å². The van der Waals surface area contributed by atoms with Gasteiger partial charge in [-0.25, -0.2) is 0 Å². The third-order valence-electron chi connectivity index (χ3n) is 2.81. The number of rotatable bonds is 1. The summed E-state index contributed by atoms with van der Waals surface area (Å²) in [6.45, 7) is 0. The summed E-state index contributed by atoms with van der Waals surface area (Å²) in [5, 5.41) is 9.71. The standard InChI is InChI=1S/C10H12N2O2.2ClH/c11-9(14)10(12)7-4-2-1-3-6(7)5-8(10)13;;/h1-4,8,13H,5,12H2,(H2,11,14);2*1H/t8-,10+;;/m1../s1. The molecule has 4 nitrogen and oxygen atoms in total. The Kier molecular flexibility index (Phi) is 4.76. The molecule has 0 heterocycles. The van der Waals surface area contributed by atoms with E-state index in [0.29, 0.717) is 12.0 Å². The quantitative estimate of drug-likeness (QED) is 0.672. The Labute approximate surface area is 106 Å². The Balaban J connectivity index is 0.00000112. The molecular formula is C10H14Cl2N2O2. The molecule has 6 heteroatoms. The van der Waals surface area contributed by atoms with E-state index < -0.39 is 17.6 Å². The first-order chi connectivity index (χ1) is 6.56. The van der Waals surface area contributed by atoms with E-state index in [0.717, 1.165) is 5.56 Å². The first kappa shape index (κ1) is 15.2. The van der Waals surface area contributed by atoms with Crippen LogP contribution in [0.5, 0.6) is 0 Å². The molecule has 0 saturated carbocycles. The summed E-state index contributed by atoms with van der Waals surface area (Å²) in [5.74, 6) is -0.685. The molecule has 0 saturated heterocycles. The molecular weight excluding hydrogens is 251 g/mol. The van der Waals surface area contributed by atoms with Crippen molar-refractivity contribution < 1.29 is 9.90 Å². The van der Waals surface area contributed by atoms with E-state index in [1.54, 1.807) is 12.1 Å². The van der Waals surface area contributed by atoms with Crippen LogP contribution in [-0.4, -0.2) is 17.1 Å². The fraction of sp³-hybridized carbons (Fsp3) is 0.300. The minimum absolute atomic E-state index is 0. The zero-order chi connectivity index (χ0) is 10.3. The minimum Gasteiger partial charge on any atom is -0.390 e. The first-order valence-electron chi connectivity index (χ1n) is 4.42. The largest absolute Gasteiger partial charge is 0.390 e. The number of hydrogen-bond donors (Lipinski definition) is 3. The molecule has 0 radical (unpaired) electrons. The van der Waals surface area contributed by atoms with Gasteiger partial charge in [0.15, 0.2) is 0 Å². The number of benzene rings is 1. The normalized spacial score (nSPS) is 26.2. The molecule has 1 aliphatic rings. The summed E-state index contributed by atoms with van der Waals surface area (Å²) < 4.78 is 0. The number of halogens is 2. The average molecular weight is 265 g/mol. The number of fused-ring (bicyclic) bond motifs is 1. The van der Waals surface area contributed by atoms with Crippen LogP contribution in [0.2, 0.25) is 0 Å². The van der Waals surface area contributed by atoms with Crippen LogP contribution in [0.4, 0.5) is 0 Å². The molecule has 0 fully saturated rings. The number of nitrogens with two attached hydrogens (primary N) is 2. The molecule has 0 aliphatic heterocycles. The molecule has 1 aromatic rings. The number of primary amides is 1. The van der Waals surface area contributed by atoms with Crippen molar-refractivity contribution in [2.45, 2.75) is 18.1 Å². The van der Waals surface area contributed by atoms with Gasteiger partial charge in [0.2, 0.25) is 5.91 Å². The summed E-state index contributed by atoms with van der Waals surface area (Å²) >= 11 is 0. The van der Waals surface area contributed by atoms with Crippen molar-refractivity contribution >= 4 is 30.7 Å². The fourth-order valence-electron chi connectivity index (χ4n) is 1.95. The van der Waals surface area contributed by atoms with Crippen molar-refractivity contribution in [3.05, 3.63) is 35.4 Å². The zero-order valence-electron chi connectivity index (χ0n) is 8.42. The van der Waals surface area contributed by atoms with Crippen LogP contribution in [0, 0.1) is 0 Å². The van der Waals surface area contributed by atoms with Crippen molar-refractivity contribution in [2.24, 2.45) is 11.5 Å². The summed E-state index contributed by atoms with van der Waals surface area (Å²) in [4.78, 5) is 11.2. The van der Waals surface area contributed by atoms with E-state index in [2.05, 4.69) is 0 Å². The van der Waals surface area contributed by atoms with Gasteiger partial charge in [0.05, 0.1) is 6.10 Å². The minimum atomic E-state index is -1.42. The lowest BCUT2D eigenvalue weighted by molar-refractivity contribution is -0.127. The molecule has 5 N–H and O–H groups in total. The molecule has 0 aromatic heterocycles. The maximum absolute atomic E-state index is 11.2. The number of amides is 1. The molecule has 2 atom stereocenters. The Morgan fingerprint density at radius 3 is 2.50 bits per heavy atom. The maximum Gasteiger partial charge on any atom is 0.244 e. The smallest absolute Gasteiger partial charge is 0.244 e. The zero-order valence-corrected chi connectivity index (χ0v) is 10.1. The lowest BCUT2D eigenvalue weighted by Crippen LogP contribution is -2.55. The van der Waals surface area contributed by atoms with E-state index >= 15 is 0 Å². The Morgan fingerprint density at radius 2 is 1.94 bits per heavy atom. The number of aliphatic hydroxyl groups is 1. The van der Waals surface area contributed by atoms with Gasteiger partial charge >= 0.3 is 0 Å². The highest BCUT2D eigenvalue weighted by Gasteiger charge is 2.47. The Bertz CT molecular complexity index is 400. The number of hydrogen-bond acceptors (Lipinski definition) is 3. The van der Waals surface area contributed by atoms with E-state index in [-0.39, 0.29) is 24.8 Å². The average Bonchev–Trinajstić information content (AvgIpc) is 2.41. The first-order valence-corrected chi connectivity index (χ1v) is 4.42. The second kappa shape index (κ2) is 5.01. The van der Waals surface area contributed by atoms with Gasteiger partial charge < -0.3 is 16.6 Å². The van der Waals surface area contributed by atoms with Crippen LogP contribution in [0.3, 0.4) is 0 Å². The number of carbonyl (C=O) groups is 1. The SMILES string of the molecule is Cl.Cl.NC(=O)[C@]1(N)c2ccccc2C[C@H]1O. The van der Waals surface area contributed by atoms with E-state index in [1.807, 2.05) is 12.1 Å². The molecule has 1 aliphatic carbocycles. The van der Waals surface area contributed by atoms with Crippen LogP contribution in [0.15, 0.2) is 24.3 Å². The second-order valence-corrected chi connectivity index (χ2v) is 3.61. The number of aliphatic hydroxyl groups excluding tert-OH is 1. The molecule has 90 valence electrons. The van der Waals surface area contributed by atoms with Crippen LogP contribution >= 0.6 is 24.8 Å². The van der Waals surface area contributed by atoms with Crippen molar-refractivity contribution in [3.8, 4) is 0 Å². The third kappa shape index (κ3) is 1.89. The lowest BCUT2D eigenvalue weighted by Gasteiger charge is -2.25. The number of carbonyl (C=O) groups excluding carboxylic acids is 1. The van der Waals surface area contributed by atoms with Crippen molar-refractivity contribution in [1.82, 2.24) is 0 Å². The van der Waals surface area contributed by atoms with E-state index in [9.17, 15) is 9.90 Å². The summed E-state index contributed by atoms with van der Waals surface area (Å²) in [5.41, 5.74) is 11.2. The van der Waals surface area contributed by atoms with Gasteiger partial charge in [0.25, 0.3) is 0 Å². The van der Waals surface area contributed by atoms with Gasteiger partial charge in [-0.2, -0.15) is 0 Å². The molecule has 0 bridgehead atoms. The van der Waals surface area contributed by atoms with Gasteiger partial charge in [0, 0.05) is 6.42 Å². The molecule has 0 unspecified atom stereocenters. The summed E-state index contributed by atoms with van der Waals surface area (Å²) in [6, 6.07) is 7.20. The van der Waals surface area contributed by atoms with Gasteiger partial charge in [-0.05, 0) is 11.1 Å². The van der Waals surface area contributed by atoms with Gasteiger partial charge in [0.1, 0.15) is 5.54 Å². The van der Waals surface area contributed by atoms with Gasteiger partial charge in [-0.3, -0.25) is 4.79 Å². The lowest BCUT2D eigenvalue weighted by atomic mass is 9.90. The molecule has 16 heavy (non-hydrogen) atoms. The third-order valence-corrected chi connectivity index (χ3v) is 2.81. The van der Waals surface area contributed by atoms with Gasteiger partial charge in [-0.15, -0.1) is 24.8 Å². The topological polar surface area (TPSA) is 89.3 Å². The van der Waals surface area contributed by atoms with Crippen LogP contribution in [-0.2, 0) is 16.8 Å². The van der Waals surface area contributed by atoms with E-state index in [4.69, 9.17) is 11.5 Å². The second-order valence-electron chi connectivity index (χ2n) is 3.61. The molecule has 1 aromatic carbocycles. The van der Waals surface area contributed by atoms with Crippen LogP contribution in [0.1, 0.15) is 11.1 Å². The Morgan fingerprint density at radius 1 is 1.38 bits per heavy atom. The highest BCUT2D eigenvalue weighted by molar-refractivity contribution is 5.88. The van der Waals surface area contributed by atoms with Crippen molar-refractivity contribution in [3.63, 3.8) is 0 Å². The molecule has 2 rings (SSSR count).